The zero-order valence-corrected chi connectivity index (χ0v) is 18.9. The van der Waals surface area contributed by atoms with Gasteiger partial charge in [0.25, 0.3) is 5.91 Å². The maximum absolute atomic E-state index is 12.1. The summed E-state index contributed by atoms with van der Waals surface area (Å²) in [5, 5.41) is 13.5. The fourth-order valence-electron chi connectivity index (χ4n) is 3.29. The molecular weight excluding hydrogens is 406 g/mol. The fraction of sp³-hybridized carbons (Fsp3) is 0.375. The molecule has 2 heterocycles. The summed E-state index contributed by atoms with van der Waals surface area (Å²) in [6.07, 6.45) is 3.57. The number of guanidine groups is 1. The van der Waals surface area contributed by atoms with Crippen molar-refractivity contribution >= 4 is 17.6 Å². The fourth-order valence-corrected chi connectivity index (χ4v) is 3.29. The van der Waals surface area contributed by atoms with Crippen LogP contribution in [0.1, 0.15) is 67.1 Å². The third-order valence-corrected chi connectivity index (χ3v) is 5.13. The van der Waals surface area contributed by atoms with Crippen LogP contribution >= 0.6 is 0 Å². The summed E-state index contributed by atoms with van der Waals surface area (Å²) in [5.41, 5.74) is 2.73. The number of carbonyl (C=O) groups is 1. The third kappa shape index (κ3) is 6.47. The molecule has 0 atom stereocenters. The summed E-state index contributed by atoms with van der Waals surface area (Å²) in [7, 11) is 0. The number of hydrogen-bond acceptors (Lipinski definition) is 5. The van der Waals surface area contributed by atoms with Gasteiger partial charge in [0.2, 0.25) is 0 Å². The van der Waals surface area contributed by atoms with Crippen molar-refractivity contribution in [2.45, 2.75) is 52.6 Å². The lowest BCUT2D eigenvalue weighted by atomic mass is 9.99. The summed E-state index contributed by atoms with van der Waals surface area (Å²) < 4.78 is 10.6. The van der Waals surface area contributed by atoms with E-state index in [0.717, 1.165) is 36.4 Å². The lowest BCUT2D eigenvalue weighted by molar-refractivity contribution is 0.0996. The van der Waals surface area contributed by atoms with Crippen LogP contribution in [0.25, 0.3) is 0 Å². The maximum atomic E-state index is 12.1. The molecule has 3 aromatic rings. The number of nitrogens with one attached hydrogen (secondary N) is 3. The first-order chi connectivity index (χ1) is 15.6. The zero-order valence-electron chi connectivity index (χ0n) is 18.9. The number of amides is 1. The van der Waals surface area contributed by atoms with Crippen molar-refractivity contribution in [2.24, 2.45) is 4.99 Å². The minimum atomic E-state index is -0.279. The lowest BCUT2D eigenvalue weighted by Gasteiger charge is -2.10. The Labute approximate surface area is 188 Å². The van der Waals surface area contributed by atoms with Gasteiger partial charge in [-0.15, -0.1) is 0 Å². The molecule has 0 radical (unpaired) electrons. The Kier molecular flexibility index (Phi) is 8.48. The first-order valence-corrected chi connectivity index (χ1v) is 11.0. The molecule has 0 aliphatic heterocycles. The van der Waals surface area contributed by atoms with Crippen molar-refractivity contribution in [2.75, 3.05) is 11.9 Å². The Hall–Kier alpha value is -3.55. The number of nitrogens with zero attached hydrogens (tertiary/aromatic N) is 2. The van der Waals surface area contributed by atoms with Gasteiger partial charge < -0.3 is 24.9 Å². The van der Waals surface area contributed by atoms with Gasteiger partial charge in [0.15, 0.2) is 17.5 Å². The highest BCUT2D eigenvalue weighted by Gasteiger charge is 2.13. The molecule has 170 valence electrons. The number of anilines is 1. The van der Waals surface area contributed by atoms with E-state index in [1.807, 2.05) is 37.3 Å². The van der Waals surface area contributed by atoms with E-state index in [0.29, 0.717) is 30.7 Å². The highest BCUT2D eigenvalue weighted by atomic mass is 16.5. The number of aromatic nitrogens is 1. The molecule has 3 rings (SSSR count). The monoisotopic (exact) mass is 437 g/mol. The van der Waals surface area contributed by atoms with E-state index < -0.39 is 0 Å². The largest absolute Gasteiger partial charge is 0.459 e. The second-order valence-electron chi connectivity index (χ2n) is 7.41. The molecule has 0 saturated carbocycles. The van der Waals surface area contributed by atoms with Gasteiger partial charge in [0.05, 0.1) is 25.0 Å². The van der Waals surface area contributed by atoms with Gasteiger partial charge in [0, 0.05) is 24.2 Å². The van der Waals surface area contributed by atoms with Crippen LogP contribution in [0.5, 0.6) is 0 Å². The third-order valence-electron chi connectivity index (χ3n) is 5.13. The first-order valence-electron chi connectivity index (χ1n) is 11.0. The highest BCUT2D eigenvalue weighted by Crippen LogP contribution is 2.22. The minimum Gasteiger partial charge on any atom is -0.459 e. The minimum absolute atomic E-state index is 0.277. The van der Waals surface area contributed by atoms with Crippen LogP contribution in [0.2, 0.25) is 0 Å². The molecule has 32 heavy (non-hydrogen) atoms. The van der Waals surface area contributed by atoms with Gasteiger partial charge in [-0.2, -0.15) is 0 Å². The number of benzene rings is 1. The van der Waals surface area contributed by atoms with Gasteiger partial charge in [-0.25, -0.2) is 4.99 Å². The van der Waals surface area contributed by atoms with E-state index in [2.05, 4.69) is 39.9 Å². The number of furan rings is 1. The van der Waals surface area contributed by atoms with Crippen LogP contribution in [-0.2, 0) is 13.1 Å². The van der Waals surface area contributed by atoms with Gasteiger partial charge in [-0.3, -0.25) is 4.79 Å². The molecule has 2 aromatic heterocycles. The summed E-state index contributed by atoms with van der Waals surface area (Å²) in [6, 6.07) is 12.9. The highest BCUT2D eigenvalue weighted by molar-refractivity contribution is 6.02. The summed E-state index contributed by atoms with van der Waals surface area (Å²) in [6.45, 7) is 8.10. The molecule has 8 nitrogen and oxygen atoms in total. The van der Waals surface area contributed by atoms with E-state index in [1.54, 1.807) is 12.1 Å². The molecule has 0 saturated heterocycles. The van der Waals surface area contributed by atoms with Crippen molar-refractivity contribution in [3.63, 3.8) is 0 Å². The van der Waals surface area contributed by atoms with Crippen molar-refractivity contribution < 1.29 is 13.7 Å². The van der Waals surface area contributed by atoms with Crippen LogP contribution in [0.3, 0.4) is 0 Å². The molecule has 0 fully saturated rings. The van der Waals surface area contributed by atoms with Gasteiger partial charge >= 0.3 is 0 Å². The predicted molar refractivity (Wildman–Crippen MR) is 125 cm³/mol. The van der Waals surface area contributed by atoms with Gasteiger partial charge in [0.1, 0.15) is 0 Å². The Morgan fingerprint density at radius 2 is 1.88 bits per heavy atom. The Morgan fingerprint density at radius 1 is 1.09 bits per heavy atom. The SMILES string of the molecule is CCNC(=NCc1ccc(NC(=O)c2ccco2)cc1)NCc1cc(C(CC)CC)no1. The van der Waals surface area contributed by atoms with Crippen LogP contribution in [0.15, 0.2) is 62.7 Å². The maximum Gasteiger partial charge on any atom is 0.291 e. The smallest absolute Gasteiger partial charge is 0.291 e. The predicted octanol–water partition coefficient (Wildman–Crippen LogP) is 4.68. The topological polar surface area (TPSA) is 105 Å². The van der Waals surface area contributed by atoms with Crippen LogP contribution in [0, 0.1) is 0 Å². The molecule has 1 amide bonds. The Bertz CT molecular complexity index is 989. The standard InChI is InChI=1S/C24H31N5O3/c1-4-18(5-2)21-14-20(32-29-21)16-27-24(25-6-3)26-15-17-9-11-19(12-10-17)28-23(30)22-8-7-13-31-22/h7-14,18H,4-6,15-16H2,1-3H3,(H,28,30)(H2,25,26,27). The average molecular weight is 438 g/mol. The summed E-state index contributed by atoms with van der Waals surface area (Å²) in [5.74, 6) is 1.91. The molecule has 0 aliphatic carbocycles. The molecule has 0 aliphatic rings. The summed E-state index contributed by atoms with van der Waals surface area (Å²) >= 11 is 0. The molecular formula is C24H31N5O3. The van der Waals surface area contributed by atoms with E-state index >= 15 is 0 Å². The van der Waals surface area contributed by atoms with Crippen molar-refractivity contribution in [3.8, 4) is 0 Å². The number of aliphatic imine (C=N–C) groups is 1. The second kappa shape index (κ2) is 11.7. The van der Waals surface area contributed by atoms with Crippen molar-refractivity contribution in [1.82, 2.24) is 15.8 Å². The molecule has 0 bridgehead atoms. The quantitative estimate of drug-likeness (QED) is 0.314. The molecule has 8 heteroatoms. The molecule has 0 spiro atoms. The van der Waals surface area contributed by atoms with Crippen LogP contribution in [-0.4, -0.2) is 23.6 Å². The second-order valence-corrected chi connectivity index (χ2v) is 7.41. The van der Waals surface area contributed by atoms with Crippen LogP contribution < -0.4 is 16.0 Å². The van der Waals surface area contributed by atoms with E-state index in [-0.39, 0.29) is 11.7 Å². The van der Waals surface area contributed by atoms with E-state index in [9.17, 15) is 4.79 Å². The average Bonchev–Trinajstić information content (AvgIpc) is 3.50. The van der Waals surface area contributed by atoms with E-state index in [4.69, 9.17) is 8.94 Å². The van der Waals surface area contributed by atoms with Crippen molar-refractivity contribution in [1.29, 1.82) is 0 Å². The number of rotatable bonds is 10. The number of carbonyl (C=O) groups excluding carboxylic acids is 1. The lowest BCUT2D eigenvalue weighted by Crippen LogP contribution is -2.36. The van der Waals surface area contributed by atoms with Gasteiger partial charge in [-0.1, -0.05) is 31.1 Å². The zero-order chi connectivity index (χ0) is 22.8. The van der Waals surface area contributed by atoms with Crippen LogP contribution in [0.4, 0.5) is 5.69 Å². The number of hydrogen-bond donors (Lipinski definition) is 3. The molecule has 1 aromatic carbocycles. The Balaban J connectivity index is 1.54. The van der Waals surface area contributed by atoms with E-state index in [1.165, 1.54) is 6.26 Å². The Morgan fingerprint density at radius 3 is 2.53 bits per heavy atom. The van der Waals surface area contributed by atoms with Gasteiger partial charge in [-0.05, 0) is 49.6 Å². The molecule has 0 unspecified atom stereocenters. The first kappa shape index (κ1) is 23.1. The molecule has 3 N–H and O–H groups in total. The normalized spacial score (nSPS) is 11.6. The van der Waals surface area contributed by atoms with Crippen molar-refractivity contribution in [3.05, 3.63) is 71.5 Å². The summed E-state index contributed by atoms with van der Waals surface area (Å²) in [4.78, 5) is 16.7.